The van der Waals surface area contributed by atoms with Crippen LogP contribution in [0.1, 0.15) is 16.7 Å². The number of methoxy groups -OCH3 is 2. The molecule has 124 valence electrons. The fraction of sp³-hybridized carbons (Fsp3) is 0.294. The highest BCUT2D eigenvalue weighted by atomic mass is 32.2. The van der Waals surface area contributed by atoms with Gasteiger partial charge in [-0.1, -0.05) is 24.3 Å². The van der Waals surface area contributed by atoms with Gasteiger partial charge >= 0.3 is 0 Å². The highest BCUT2D eigenvalue weighted by Gasteiger charge is 2.17. The number of nitrogens with one attached hydrogen (secondary N) is 1. The minimum absolute atomic E-state index is 0.0982. The Morgan fingerprint density at radius 3 is 2.22 bits per heavy atom. The van der Waals surface area contributed by atoms with Gasteiger partial charge in [0.15, 0.2) is 0 Å². The minimum atomic E-state index is -3.57. The van der Waals surface area contributed by atoms with Crippen LogP contribution in [0.2, 0.25) is 0 Å². The zero-order chi connectivity index (χ0) is 17.0. The summed E-state index contributed by atoms with van der Waals surface area (Å²) in [6, 6.07) is 10.8. The third-order valence-corrected chi connectivity index (χ3v) is 4.81. The van der Waals surface area contributed by atoms with Crippen LogP contribution in [0.15, 0.2) is 36.4 Å². The van der Waals surface area contributed by atoms with E-state index in [2.05, 4.69) is 4.72 Å². The third kappa shape index (κ3) is 4.16. The van der Waals surface area contributed by atoms with Crippen molar-refractivity contribution in [3.8, 4) is 11.5 Å². The van der Waals surface area contributed by atoms with Gasteiger partial charge in [0.1, 0.15) is 11.5 Å². The molecular weight excluding hydrogens is 314 g/mol. The minimum Gasteiger partial charge on any atom is -0.496 e. The van der Waals surface area contributed by atoms with Crippen molar-refractivity contribution in [2.24, 2.45) is 0 Å². The maximum atomic E-state index is 12.5. The SMILES string of the molecule is COc1cc(NS(=O)(=O)Cc2ccccc2C)c(OC)cc1C. The Labute approximate surface area is 137 Å². The average Bonchev–Trinajstić information content (AvgIpc) is 2.50. The monoisotopic (exact) mass is 335 g/mol. The van der Waals surface area contributed by atoms with Gasteiger partial charge in [-0.2, -0.15) is 0 Å². The predicted molar refractivity (Wildman–Crippen MR) is 91.7 cm³/mol. The van der Waals surface area contributed by atoms with Crippen LogP contribution in [0.4, 0.5) is 5.69 Å². The molecule has 2 aromatic carbocycles. The highest BCUT2D eigenvalue weighted by Crippen LogP contribution is 2.33. The maximum Gasteiger partial charge on any atom is 0.237 e. The van der Waals surface area contributed by atoms with E-state index in [1.54, 1.807) is 19.2 Å². The zero-order valence-corrected chi connectivity index (χ0v) is 14.5. The molecule has 0 heterocycles. The van der Waals surface area contributed by atoms with Gasteiger partial charge in [0.05, 0.1) is 25.7 Å². The molecule has 2 aromatic rings. The first-order valence-corrected chi connectivity index (χ1v) is 8.79. The molecule has 0 unspecified atom stereocenters. The Bertz CT molecular complexity index is 800. The molecule has 23 heavy (non-hydrogen) atoms. The van der Waals surface area contributed by atoms with Crippen molar-refractivity contribution in [3.05, 3.63) is 53.1 Å². The fourth-order valence-electron chi connectivity index (χ4n) is 2.31. The first-order valence-electron chi connectivity index (χ1n) is 7.14. The summed E-state index contributed by atoms with van der Waals surface area (Å²) in [5.74, 6) is 0.954. The van der Waals surface area contributed by atoms with Crippen LogP contribution in [0.3, 0.4) is 0 Å². The number of benzene rings is 2. The Morgan fingerprint density at radius 1 is 0.957 bits per heavy atom. The lowest BCUT2D eigenvalue weighted by Crippen LogP contribution is -2.16. The van der Waals surface area contributed by atoms with Crippen LogP contribution >= 0.6 is 0 Å². The Balaban J connectivity index is 2.32. The molecule has 0 spiro atoms. The first kappa shape index (κ1) is 17.1. The van der Waals surface area contributed by atoms with Crippen molar-refractivity contribution < 1.29 is 17.9 Å². The number of anilines is 1. The van der Waals surface area contributed by atoms with Crippen molar-refractivity contribution in [2.45, 2.75) is 19.6 Å². The first-order chi connectivity index (χ1) is 10.9. The van der Waals surface area contributed by atoms with Crippen LogP contribution in [0.25, 0.3) is 0 Å². The smallest absolute Gasteiger partial charge is 0.237 e. The van der Waals surface area contributed by atoms with Crippen molar-refractivity contribution in [3.63, 3.8) is 0 Å². The lowest BCUT2D eigenvalue weighted by atomic mass is 10.1. The van der Waals surface area contributed by atoms with E-state index in [9.17, 15) is 8.42 Å². The number of rotatable bonds is 6. The maximum absolute atomic E-state index is 12.5. The van der Waals surface area contributed by atoms with Crippen LogP contribution in [0.5, 0.6) is 11.5 Å². The van der Waals surface area contributed by atoms with E-state index in [1.807, 2.05) is 38.1 Å². The normalized spacial score (nSPS) is 11.1. The molecule has 0 amide bonds. The molecule has 0 aliphatic rings. The van der Waals surface area contributed by atoms with Crippen molar-refractivity contribution in [1.82, 2.24) is 0 Å². The topological polar surface area (TPSA) is 64.6 Å². The molecule has 0 saturated heterocycles. The Hall–Kier alpha value is -2.21. The summed E-state index contributed by atoms with van der Waals surface area (Å²) in [7, 11) is -0.524. The second-order valence-electron chi connectivity index (χ2n) is 5.31. The van der Waals surface area contributed by atoms with Gasteiger partial charge in [-0.25, -0.2) is 8.42 Å². The highest BCUT2D eigenvalue weighted by molar-refractivity contribution is 7.91. The van der Waals surface area contributed by atoms with E-state index in [0.717, 1.165) is 16.7 Å². The largest absolute Gasteiger partial charge is 0.496 e. The molecule has 5 nitrogen and oxygen atoms in total. The molecule has 0 aromatic heterocycles. The lowest BCUT2D eigenvalue weighted by molar-refractivity contribution is 0.402. The van der Waals surface area contributed by atoms with E-state index in [4.69, 9.17) is 9.47 Å². The van der Waals surface area contributed by atoms with E-state index in [1.165, 1.54) is 7.11 Å². The predicted octanol–water partition coefficient (Wildman–Crippen LogP) is 3.26. The van der Waals surface area contributed by atoms with Crippen LogP contribution in [0, 0.1) is 13.8 Å². The van der Waals surface area contributed by atoms with E-state index < -0.39 is 10.0 Å². The summed E-state index contributed by atoms with van der Waals surface area (Å²) >= 11 is 0. The second-order valence-corrected chi connectivity index (χ2v) is 7.03. The number of ether oxygens (including phenoxy) is 2. The molecule has 0 radical (unpaired) electrons. The standard InChI is InChI=1S/C17H21NO4S/c1-12-7-5-6-8-14(12)11-23(19,20)18-15-10-16(21-3)13(2)9-17(15)22-4/h5-10,18H,11H2,1-4H3. The summed E-state index contributed by atoms with van der Waals surface area (Å²) < 4.78 is 38.0. The molecule has 0 saturated carbocycles. The summed E-state index contributed by atoms with van der Waals surface area (Å²) in [6.45, 7) is 3.76. The number of aryl methyl sites for hydroxylation is 2. The summed E-state index contributed by atoms with van der Waals surface area (Å²) in [6.07, 6.45) is 0. The number of hydrogen-bond donors (Lipinski definition) is 1. The zero-order valence-electron chi connectivity index (χ0n) is 13.7. The molecular formula is C17H21NO4S. The summed E-state index contributed by atoms with van der Waals surface area (Å²) in [5, 5.41) is 0. The molecule has 2 rings (SSSR count). The van der Waals surface area contributed by atoms with Gasteiger partial charge in [0, 0.05) is 6.07 Å². The second kappa shape index (κ2) is 6.91. The molecule has 1 N–H and O–H groups in total. The quantitative estimate of drug-likeness (QED) is 0.880. The molecule has 0 fully saturated rings. The van der Waals surface area contributed by atoms with Gasteiger partial charge in [0.2, 0.25) is 10.0 Å². The Morgan fingerprint density at radius 2 is 1.61 bits per heavy atom. The van der Waals surface area contributed by atoms with Gasteiger partial charge < -0.3 is 9.47 Å². The van der Waals surface area contributed by atoms with Crippen molar-refractivity contribution in [1.29, 1.82) is 0 Å². The van der Waals surface area contributed by atoms with E-state index >= 15 is 0 Å². The van der Waals surface area contributed by atoms with Crippen molar-refractivity contribution >= 4 is 15.7 Å². The van der Waals surface area contributed by atoms with Crippen molar-refractivity contribution in [2.75, 3.05) is 18.9 Å². The summed E-state index contributed by atoms with van der Waals surface area (Å²) in [4.78, 5) is 0. The Kier molecular flexibility index (Phi) is 5.15. The van der Waals surface area contributed by atoms with E-state index in [0.29, 0.717) is 17.2 Å². The summed E-state index contributed by atoms with van der Waals surface area (Å²) in [5.41, 5.74) is 2.93. The molecule has 0 aliphatic heterocycles. The van der Waals surface area contributed by atoms with Gasteiger partial charge in [0.25, 0.3) is 0 Å². The fourth-order valence-corrected chi connectivity index (χ4v) is 3.61. The van der Waals surface area contributed by atoms with Gasteiger partial charge in [-0.3, -0.25) is 4.72 Å². The lowest BCUT2D eigenvalue weighted by Gasteiger charge is -2.15. The molecule has 0 aliphatic carbocycles. The van der Waals surface area contributed by atoms with Crippen LogP contribution < -0.4 is 14.2 Å². The van der Waals surface area contributed by atoms with Crippen LogP contribution in [-0.2, 0) is 15.8 Å². The molecule has 6 heteroatoms. The third-order valence-electron chi connectivity index (χ3n) is 3.59. The van der Waals surface area contributed by atoms with Gasteiger partial charge in [-0.15, -0.1) is 0 Å². The molecule has 0 bridgehead atoms. The number of hydrogen-bond acceptors (Lipinski definition) is 4. The van der Waals surface area contributed by atoms with Crippen LogP contribution in [-0.4, -0.2) is 22.6 Å². The average molecular weight is 335 g/mol. The number of sulfonamides is 1. The van der Waals surface area contributed by atoms with E-state index in [-0.39, 0.29) is 5.75 Å². The van der Waals surface area contributed by atoms with Gasteiger partial charge in [-0.05, 0) is 36.6 Å². The molecule has 0 atom stereocenters.